The highest BCUT2D eigenvalue weighted by molar-refractivity contribution is 5.84. The second kappa shape index (κ2) is 15.9. The van der Waals surface area contributed by atoms with Crippen LogP contribution in [0.1, 0.15) is 72.6 Å². The summed E-state index contributed by atoms with van der Waals surface area (Å²) in [4.78, 5) is 70.4. The van der Waals surface area contributed by atoms with Gasteiger partial charge in [-0.1, -0.05) is 60.7 Å². The van der Waals surface area contributed by atoms with E-state index in [4.69, 9.17) is 0 Å². The van der Waals surface area contributed by atoms with Gasteiger partial charge in [0, 0.05) is 13.1 Å². The molecule has 14 nitrogen and oxygen atoms in total. The van der Waals surface area contributed by atoms with E-state index >= 15 is 0 Å². The lowest BCUT2D eigenvalue weighted by molar-refractivity contribution is -0.138. The molecule has 2 saturated heterocycles. The zero-order chi connectivity index (χ0) is 38.8. The Hall–Kier alpha value is -6.12. The van der Waals surface area contributed by atoms with Crippen molar-refractivity contribution in [1.82, 2.24) is 59.5 Å². The van der Waals surface area contributed by atoms with Crippen molar-refractivity contribution in [3.8, 4) is 34.2 Å². The Morgan fingerprint density at radius 1 is 0.554 bits per heavy atom. The Bertz CT molecular complexity index is 2090. The molecule has 2 aliphatic rings. The molecule has 2 N–H and O–H groups in total. The van der Waals surface area contributed by atoms with Crippen LogP contribution in [-0.4, -0.2) is 113 Å². The normalized spacial score (nSPS) is 18.2. The minimum atomic E-state index is -0.375. The Labute approximate surface area is 326 Å². The van der Waals surface area contributed by atoms with E-state index < -0.39 is 0 Å². The number of aromatic amines is 2. The van der Waals surface area contributed by atoms with Crippen molar-refractivity contribution in [3.63, 3.8) is 0 Å². The van der Waals surface area contributed by atoms with Crippen LogP contribution in [0.25, 0.3) is 34.2 Å². The van der Waals surface area contributed by atoms with E-state index in [0.717, 1.165) is 59.8 Å². The van der Waals surface area contributed by atoms with Crippen LogP contribution < -0.4 is 0 Å². The predicted molar refractivity (Wildman–Crippen MR) is 211 cm³/mol. The van der Waals surface area contributed by atoms with Gasteiger partial charge in [-0.05, 0) is 65.0 Å². The molecule has 0 aliphatic carbocycles. The molecule has 14 heteroatoms. The number of nitrogens with one attached hydrogen (secondary N) is 2. The van der Waals surface area contributed by atoms with Gasteiger partial charge >= 0.3 is 0 Å². The van der Waals surface area contributed by atoms with Crippen molar-refractivity contribution in [1.29, 1.82) is 0 Å². The number of hydrogen-bond acceptors (Lipinski definition) is 10. The monoisotopic (exact) mass is 750 g/mol. The number of amides is 2. The molecular formula is C42H46N12O2. The van der Waals surface area contributed by atoms with Gasteiger partial charge in [0.2, 0.25) is 11.8 Å². The fraction of sp³-hybridized carbons (Fsp3) is 0.333. The molecule has 0 bridgehead atoms. The second-order valence-electron chi connectivity index (χ2n) is 14.9. The molecule has 4 atom stereocenters. The Morgan fingerprint density at radius 2 is 0.929 bits per heavy atom. The van der Waals surface area contributed by atoms with Gasteiger partial charge in [0.05, 0.1) is 60.7 Å². The number of nitrogens with zero attached hydrogens (tertiary/aromatic N) is 10. The number of carbonyl (C=O) groups excluding carboxylic acids is 2. The van der Waals surface area contributed by atoms with E-state index in [2.05, 4.69) is 39.9 Å². The molecule has 0 unspecified atom stereocenters. The molecule has 0 spiro atoms. The van der Waals surface area contributed by atoms with E-state index in [9.17, 15) is 9.59 Å². The summed E-state index contributed by atoms with van der Waals surface area (Å²) in [5, 5.41) is 0. The predicted octanol–water partition coefficient (Wildman–Crippen LogP) is 5.65. The van der Waals surface area contributed by atoms with Gasteiger partial charge in [-0.2, -0.15) is 0 Å². The van der Waals surface area contributed by atoms with E-state index in [-0.39, 0.29) is 36.0 Å². The third kappa shape index (κ3) is 7.32. The fourth-order valence-electron chi connectivity index (χ4n) is 8.01. The molecule has 8 rings (SSSR count). The average Bonchev–Trinajstić information content (AvgIpc) is 4.06. The first-order chi connectivity index (χ1) is 27.3. The van der Waals surface area contributed by atoms with Gasteiger partial charge in [-0.15, -0.1) is 0 Å². The van der Waals surface area contributed by atoms with Gasteiger partial charge in [-0.3, -0.25) is 39.3 Å². The molecule has 4 aromatic heterocycles. The van der Waals surface area contributed by atoms with E-state index in [1.54, 1.807) is 37.2 Å². The van der Waals surface area contributed by atoms with Crippen LogP contribution in [0.2, 0.25) is 0 Å². The topological polar surface area (TPSA) is 156 Å². The van der Waals surface area contributed by atoms with Crippen molar-refractivity contribution in [3.05, 3.63) is 121 Å². The molecule has 2 aliphatic heterocycles. The van der Waals surface area contributed by atoms with Crippen molar-refractivity contribution >= 4 is 11.8 Å². The molecule has 2 amide bonds. The quantitative estimate of drug-likeness (QED) is 0.170. The Balaban J connectivity index is 0.930. The number of aromatic nitrogens is 8. The summed E-state index contributed by atoms with van der Waals surface area (Å²) >= 11 is 0. The van der Waals surface area contributed by atoms with Gasteiger partial charge in [-0.25, -0.2) is 9.97 Å². The number of likely N-dealkylation sites (N-methyl/N-ethyl adjacent to an activating group) is 2. The highest BCUT2D eigenvalue weighted by Crippen LogP contribution is 2.36. The molecule has 56 heavy (non-hydrogen) atoms. The maximum atomic E-state index is 13.9. The second-order valence-corrected chi connectivity index (χ2v) is 14.9. The maximum absolute atomic E-state index is 13.9. The fourth-order valence-corrected chi connectivity index (χ4v) is 8.01. The van der Waals surface area contributed by atoms with Gasteiger partial charge in [0.25, 0.3) is 0 Å². The van der Waals surface area contributed by atoms with E-state index in [0.29, 0.717) is 35.9 Å². The molecule has 2 aromatic carbocycles. The van der Waals surface area contributed by atoms with Crippen molar-refractivity contribution in [2.24, 2.45) is 0 Å². The standard InChI is InChI=1S/C42H46N12O2/c1-51(2)37(27-13-7-5-8-14-27)41(55)53-19-11-17-35(53)39-47-25-33(49-39)31-23-43-29(21-45-31)30-22-46-32(24-44-30)34-26-48-40(50-34)36-18-12-20-54(36)42(56)38(52(3)4)28-15-9-6-10-16-28/h5-10,13-16,21-26,35-38H,11-12,17-20H2,1-4H3,(H,47,49)(H,48,50)/t35-,36-,37+,38+/m0/s1. The number of benzene rings is 2. The summed E-state index contributed by atoms with van der Waals surface area (Å²) < 4.78 is 0. The first kappa shape index (κ1) is 36.8. The summed E-state index contributed by atoms with van der Waals surface area (Å²) in [6.07, 6.45) is 13.7. The lowest BCUT2D eigenvalue weighted by Crippen LogP contribution is -2.40. The number of hydrogen-bond donors (Lipinski definition) is 2. The lowest BCUT2D eigenvalue weighted by Gasteiger charge is -2.31. The Kier molecular flexibility index (Phi) is 10.5. The molecule has 0 saturated carbocycles. The first-order valence-corrected chi connectivity index (χ1v) is 19.1. The number of likely N-dealkylation sites (tertiary alicyclic amines) is 2. The number of carbonyl (C=O) groups is 2. The summed E-state index contributed by atoms with van der Waals surface area (Å²) in [6, 6.07) is 18.7. The number of rotatable bonds is 11. The van der Waals surface area contributed by atoms with Crippen LogP contribution in [0, 0.1) is 0 Å². The van der Waals surface area contributed by atoms with Crippen LogP contribution >= 0.6 is 0 Å². The van der Waals surface area contributed by atoms with Crippen molar-refractivity contribution < 1.29 is 9.59 Å². The SMILES string of the molecule is CN(C)[C@@H](C(=O)N1CCC[C@H]1c1ncc(-c2cnc(-c3cnc(-c4cnc([C@@H]5CCCN5C(=O)[C@@H](c5ccccc5)N(C)C)[nH]4)cn3)cn2)[nH]1)c1ccccc1. The van der Waals surface area contributed by atoms with Gasteiger partial charge < -0.3 is 19.8 Å². The molecule has 0 radical (unpaired) electrons. The number of H-pyrrole nitrogens is 2. The molecular weight excluding hydrogens is 705 g/mol. The molecule has 6 aromatic rings. The first-order valence-electron chi connectivity index (χ1n) is 19.1. The molecule has 2 fully saturated rings. The minimum absolute atomic E-state index is 0.0654. The third-order valence-electron chi connectivity index (χ3n) is 10.7. The maximum Gasteiger partial charge on any atom is 0.245 e. The van der Waals surface area contributed by atoms with E-state index in [1.165, 1.54) is 0 Å². The van der Waals surface area contributed by atoms with Gasteiger partial charge in [0.15, 0.2) is 0 Å². The smallest absolute Gasteiger partial charge is 0.245 e. The minimum Gasteiger partial charge on any atom is -0.339 e. The lowest BCUT2D eigenvalue weighted by atomic mass is 10.0. The zero-order valence-corrected chi connectivity index (χ0v) is 32.1. The average molecular weight is 751 g/mol. The summed E-state index contributed by atoms with van der Waals surface area (Å²) in [7, 11) is 7.75. The van der Waals surface area contributed by atoms with Crippen LogP contribution in [-0.2, 0) is 9.59 Å². The summed E-state index contributed by atoms with van der Waals surface area (Å²) in [5.74, 6) is 1.61. The van der Waals surface area contributed by atoms with Crippen molar-refractivity contribution in [2.75, 3.05) is 41.3 Å². The molecule has 286 valence electrons. The summed E-state index contributed by atoms with van der Waals surface area (Å²) in [6.45, 7) is 1.36. The van der Waals surface area contributed by atoms with Crippen LogP contribution in [0.5, 0.6) is 0 Å². The third-order valence-corrected chi connectivity index (χ3v) is 10.7. The van der Waals surface area contributed by atoms with Crippen LogP contribution in [0.4, 0.5) is 0 Å². The molecule has 6 heterocycles. The zero-order valence-electron chi connectivity index (χ0n) is 32.1. The number of imidazole rings is 2. The highest BCUT2D eigenvalue weighted by Gasteiger charge is 2.38. The van der Waals surface area contributed by atoms with Crippen LogP contribution in [0.15, 0.2) is 97.8 Å². The van der Waals surface area contributed by atoms with Crippen LogP contribution in [0.3, 0.4) is 0 Å². The van der Waals surface area contributed by atoms with E-state index in [1.807, 2.05) is 108 Å². The largest absolute Gasteiger partial charge is 0.339 e. The Morgan fingerprint density at radius 3 is 1.29 bits per heavy atom. The highest BCUT2D eigenvalue weighted by atomic mass is 16.2. The van der Waals surface area contributed by atoms with Gasteiger partial charge in [0.1, 0.15) is 46.5 Å². The summed E-state index contributed by atoms with van der Waals surface area (Å²) in [5.41, 5.74) is 5.81. The van der Waals surface area contributed by atoms with Crippen molar-refractivity contribution in [2.45, 2.75) is 49.9 Å².